The number of fused-ring (bicyclic) bond motifs is 13. The number of Topliss-reactive ketones (excluding diaryl/α,β-unsaturated/α-hetero) is 1. The molecule has 6 aliphatic rings. The summed E-state index contributed by atoms with van der Waals surface area (Å²) in [6.07, 6.45) is 16.1. The Hall–Kier alpha value is -5.88. The van der Waals surface area contributed by atoms with E-state index in [1.165, 1.54) is 13.2 Å². The van der Waals surface area contributed by atoms with E-state index in [2.05, 4.69) is 41.8 Å². The van der Waals surface area contributed by atoms with Crippen molar-refractivity contribution in [2.24, 2.45) is 39.6 Å². The van der Waals surface area contributed by atoms with Crippen LogP contribution >= 0.6 is 0 Å². The number of aromatic hydroxyl groups is 2. The number of piperidine rings is 1. The van der Waals surface area contributed by atoms with E-state index in [-0.39, 0.29) is 87.2 Å². The van der Waals surface area contributed by atoms with Gasteiger partial charge in [-0.05, 0) is 56.4 Å². The number of rotatable bonds is 10. The lowest BCUT2D eigenvalue weighted by molar-refractivity contribution is -0.161. The second-order valence-corrected chi connectivity index (χ2v) is 21.2. The Bertz CT molecular complexity index is 2650. The molecule has 0 aromatic heterocycles. The molecule has 8 rings (SSSR count). The number of ether oxygens (including phenoxy) is 4. The molecule has 6 heterocycles. The number of benzene rings is 2. The predicted octanol–water partition coefficient (Wildman–Crippen LogP) is 4.53. The number of anilines is 1. The van der Waals surface area contributed by atoms with Gasteiger partial charge in [0.15, 0.2) is 11.4 Å². The van der Waals surface area contributed by atoms with E-state index in [0.717, 1.165) is 13.7 Å². The third-order valence-corrected chi connectivity index (χ3v) is 15.0. The quantitative estimate of drug-likeness (QED) is 0.0629. The largest absolute Gasteiger partial charge is 0.507 e. The van der Waals surface area contributed by atoms with E-state index >= 15 is 0 Å². The van der Waals surface area contributed by atoms with E-state index in [1.807, 2.05) is 33.8 Å². The van der Waals surface area contributed by atoms with Gasteiger partial charge in [0.05, 0.1) is 48.5 Å². The fourth-order valence-electron chi connectivity index (χ4n) is 10.8. The molecule has 5 bridgehead atoms. The fourth-order valence-corrected chi connectivity index (χ4v) is 10.8. The van der Waals surface area contributed by atoms with Gasteiger partial charge in [-0.3, -0.25) is 34.1 Å². The molecule has 76 heavy (non-hydrogen) atoms. The van der Waals surface area contributed by atoms with E-state index in [1.54, 1.807) is 37.0 Å². The van der Waals surface area contributed by atoms with Crippen LogP contribution in [0.5, 0.6) is 17.2 Å². The van der Waals surface area contributed by atoms with Gasteiger partial charge in [-0.25, -0.2) is 0 Å². The number of nitrogens with zero attached hydrogens (tertiary/aromatic N) is 5. The Balaban J connectivity index is 0.00000260. The van der Waals surface area contributed by atoms with Crippen LogP contribution in [0.2, 0.25) is 0 Å². The lowest BCUT2D eigenvalue weighted by Gasteiger charge is -2.36. The van der Waals surface area contributed by atoms with E-state index in [0.29, 0.717) is 83.2 Å². The van der Waals surface area contributed by atoms with Crippen molar-refractivity contribution in [3.63, 3.8) is 0 Å². The van der Waals surface area contributed by atoms with E-state index in [4.69, 9.17) is 39.1 Å². The van der Waals surface area contributed by atoms with Crippen LogP contribution in [0, 0.1) is 49.4 Å². The summed E-state index contributed by atoms with van der Waals surface area (Å²) in [5, 5.41) is 55.3. The maximum absolute atomic E-state index is 14.8. The zero-order valence-corrected chi connectivity index (χ0v) is 46.1. The first-order valence-corrected chi connectivity index (χ1v) is 26.5. The molecule has 4 unspecified atom stereocenters. The second kappa shape index (κ2) is 26.9. The van der Waals surface area contributed by atoms with Crippen LogP contribution in [0.3, 0.4) is 0 Å². The number of ketones is 1. The first-order chi connectivity index (χ1) is 36.2. The number of likely N-dealkylation sites (tertiary alicyclic amines) is 1. The van der Waals surface area contributed by atoms with Gasteiger partial charge in [0, 0.05) is 102 Å². The number of amides is 2. The molecule has 6 N–H and O–H groups in total. The molecular formula is C57H82N6O13. The van der Waals surface area contributed by atoms with Crippen LogP contribution in [-0.2, 0) is 28.6 Å². The molecule has 2 aromatic rings. The number of phenols is 2. The normalized spacial score (nSPS) is 27.5. The Morgan fingerprint density at radius 1 is 0.921 bits per heavy atom. The molecule has 19 nitrogen and oxygen atoms in total. The molecule has 0 aliphatic carbocycles. The van der Waals surface area contributed by atoms with Crippen molar-refractivity contribution in [2.45, 2.75) is 118 Å². The minimum Gasteiger partial charge on any atom is -0.507 e. The lowest BCUT2D eigenvalue weighted by Crippen LogP contribution is -2.50. The molecule has 0 radical (unpaired) electrons. The summed E-state index contributed by atoms with van der Waals surface area (Å²) in [6.45, 7) is 22.5. The van der Waals surface area contributed by atoms with Gasteiger partial charge in [0.1, 0.15) is 35.1 Å². The number of piperazine rings is 1. The average Bonchev–Trinajstić information content (AvgIpc) is 3.90. The molecule has 19 heteroatoms. The number of allylic oxidation sites excluding steroid dienone is 4. The van der Waals surface area contributed by atoms with Gasteiger partial charge in [-0.2, -0.15) is 0 Å². The van der Waals surface area contributed by atoms with Crippen LogP contribution in [0.1, 0.15) is 103 Å². The van der Waals surface area contributed by atoms with Gasteiger partial charge in [-0.15, -0.1) is 12.8 Å². The molecule has 2 aromatic carbocycles. The number of carbonyl (C=O) groups is 4. The van der Waals surface area contributed by atoms with Gasteiger partial charge in [0.25, 0.3) is 11.7 Å². The third-order valence-electron chi connectivity index (χ3n) is 15.0. The molecule has 2 amide bonds. The van der Waals surface area contributed by atoms with Crippen molar-refractivity contribution < 1.29 is 63.7 Å². The first-order valence-electron chi connectivity index (χ1n) is 26.5. The number of terminal acetylenes is 1. The minimum absolute atomic E-state index is 0.0240. The number of carbonyl (C=O) groups excluding carboxylic acids is 4. The van der Waals surface area contributed by atoms with Crippen LogP contribution in [-0.4, -0.2) is 167 Å². The van der Waals surface area contributed by atoms with Crippen LogP contribution in [0.4, 0.5) is 5.69 Å². The van der Waals surface area contributed by atoms with Gasteiger partial charge in [-0.1, -0.05) is 59.8 Å². The minimum atomic E-state index is -1.93. The molecule has 0 saturated carbocycles. The number of nitrogens with one attached hydrogen (secondary N) is 1. The summed E-state index contributed by atoms with van der Waals surface area (Å²) in [5.41, 5.74) is -0.437. The second-order valence-electron chi connectivity index (χ2n) is 21.2. The van der Waals surface area contributed by atoms with Crippen molar-refractivity contribution >= 4 is 40.0 Å². The summed E-state index contributed by atoms with van der Waals surface area (Å²) >= 11 is 0. The summed E-state index contributed by atoms with van der Waals surface area (Å²) in [6, 6.07) is 0. The summed E-state index contributed by atoms with van der Waals surface area (Å²) in [4.78, 5) is 72.5. The van der Waals surface area contributed by atoms with Crippen molar-refractivity contribution in [3.8, 4) is 30.1 Å². The molecule has 7 atom stereocenters. The van der Waals surface area contributed by atoms with Crippen LogP contribution < -0.4 is 20.8 Å². The maximum Gasteiger partial charge on any atom is 0.315 e. The molecule has 2 saturated heterocycles. The third kappa shape index (κ3) is 13.8. The standard InChI is InChI=1S/C54H76N6O12.C2H2.CH4O/c1-31(2)30-59-17-15-54(16-18-59)56-43-40-41-47(65)37(8)50-42(40)51(67)53(9,72-50)70-25-11-14-33(4)49(71-39(63)29-38(62)60-21-19-58(20-22-60)23-26-69-27-24-61)36(7)46(64)35(6)28-32(3)12-10-13-34(5)52(68)55-45(48(41)66)44(43)57-54;2*1-2/h10-13,25,31-33,35-36,46,49,61,64-66H,14-24,26-30H2,1-9H3,(H,55,68);1-2H;2H,1H3/b12-10+,25-11+,34-13-;;/t32?,33-,35-,36-,46?,49?,53?;;/m1../s1. The number of esters is 1. The topological polar surface area (TPSA) is 253 Å². The van der Waals surface area contributed by atoms with Crippen LogP contribution in [0.15, 0.2) is 46.1 Å². The van der Waals surface area contributed by atoms with Crippen molar-refractivity contribution in [3.05, 3.63) is 58.0 Å². The van der Waals surface area contributed by atoms with E-state index in [9.17, 15) is 34.5 Å². The number of hydrogen-bond donors (Lipinski definition) is 6. The highest BCUT2D eigenvalue weighted by Crippen LogP contribution is 2.50. The number of aliphatic hydroxyl groups is 3. The summed E-state index contributed by atoms with van der Waals surface area (Å²) < 4.78 is 24.0. The van der Waals surface area contributed by atoms with Gasteiger partial charge >= 0.3 is 11.8 Å². The number of aliphatic hydroxyl groups excluding tert-OH is 3. The van der Waals surface area contributed by atoms with Crippen molar-refractivity contribution in [1.29, 1.82) is 0 Å². The predicted molar refractivity (Wildman–Crippen MR) is 288 cm³/mol. The number of phenolic OH excluding ortho intramolecular Hbond substituents is 2. The monoisotopic (exact) mass is 1060 g/mol. The van der Waals surface area contributed by atoms with Gasteiger partial charge < -0.3 is 59.6 Å². The molecule has 1 spiro atoms. The molecule has 6 aliphatic heterocycles. The zero-order chi connectivity index (χ0) is 56.2. The summed E-state index contributed by atoms with van der Waals surface area (Å²) in [5.74, 6) is -5.66. The molecule has 418 valence electrons. The van der Waals surface area contributed by atoms with E-state index < -0.39 is 65.3 Å². The molecular weight excluding hydrogens is 977 g/mol. The fraction of sp³-hybridized carbons (Fsp3) is 0.614. The van der Waals surface area contributed by atoms with Gasteiger partial charge in [0.2, 0.25) is 5.91 Å². The van der Waals surface area contributed by atoms with Crippen LogP contribution in [0.25, 0.3) is 10.8 Å². The summed E-state index contributed by atoms with van der Waals surface area (Å²) in [7, 11) is 1.00. The Morgan fingerprint density at radius 3 is 2.22 bits per heavy atom. The Morgan fingerprint density at radius 2 is 1.58 bits per heavy atom. The zero-order valence-electron chi connectivity index (χ0n) is 46.1. The maximum atomic E-state index is 14.8. The van der Waals surface area contributed by atoms with Crippen molar-refractivity contribution in [2.75, 3.05) is 84.6 Å². The first kappa shape index (κ1) is 61.0. The SMILES string of the molecule is C#C.C/C1=C/C=C/C(C)C[C@@H](C)C(O)[C@@H](C)C(OC(=O)CC(=O)N2CCN(CCOCCO)CC2)[C@H](C)C/C=C/OC2(C)Oc3c(C)c(O)c4c(O)c(c5c(c4c3C2=O)=NC2(CCN(CC(C)C)CC2)N=5)NC1=O.CO. The number of hydrogen-bond acceptors (Lipinski definition) is 17. The highest BCUT2D eigenvalue weighted by molar-refractivity contribution is 6.19. The lowest BCUT2D eigenvalue weighted by atomic mass is 9.80. The smallest absolute Gasteiger partial charge is 0.315 e. The Kier molecular flexibility index (Phi) is 21.6. The molecule has 2 fully saturated rings. The Labute approximate surface area is 447 Å². The highest BCUT2D eigenvalue weighted by Gasteiger charge is 2.50. The van der Waals surface area contributed by atoms with Crippen molar-refractivity contribution in [1.82, 2.24) is 14.7 Å². The average molecular weight is 1060 g/mol. The highest BCUT2D eigenvalue weighted by atomic mass is 16.7.